The van der Waals surface area contributed by atoms with E-state index in [4.69, 9.17) is 23.7 Å². The molecule has 0 saturated carbocycles. The van der Waals surface area contributed by atoms with Gasteiger partial charge in [0.05, 0.1) is 27.9 Å². The molecule has 184 valence electrons. The maximum atomic E-state index is 13.0. The molecular weight excluding hydrogens is 452 g/mol. The summed E-state index contributed by atoms with van der Waals surface area (Å²) >= 11 is 0. The lowest BCUT2D eigenvalue weighted by atomic mass is 9.99. The Kier molecular flexibility index (Phi) is 8.07. The molecule has 4 N–H and O–H groups in total. The van der Waals surface area contributed by atoms with Gasteiger partial charge in [0.2, 0.25) is 17.9 Å². The lowest BCUT2D eigenvalue weighted by molar-refractivity contribution is -0.277. The van der Waals surface area contributed by atoms with Crippen molar-refractivity contribution in [3.05, 3.63) is 47.5 Å². The zero-order chi connectivity index (χ0) is 25.0. The van der Waals surface area contributed by atoms with Crippen molar-refractivity contribution >= 4 is 11.6 Å². The van der Waals surface area contributed by atoms with Crippen LogP contribution < -0.4 is 18.9 Å². The van der Waals surface area contributed by atoms with Gasteiger partial charge in [-0.2, -0.15) is 0 Å². The highest BCUT2D eigenvalue weighted by atomic mass is 16.7. The first-order chi connectivity index (χ1) is 16.2. The molecule has 0 unspecified atom stereocenters. The molecule has 0 amide bonds. The quantitative estimate of drug-likeness (QED) is 0.283. The van der Waals surface area contributed by atoms with Crippen molar-refractivity contribution in [3.8, 4) is 23.0 Å². The van der Waals surface area contributed by atoms with E-state index in [0.29, 0.717) is 5.75 Å². The summed E-state index contributed by atoms with van der Waals surface area (Å²) in [5.41, 5.74) is 0.000553. The number of hydrogen-bond acceptors (Lipinski definition) is 11. The standard InChI is InChI=1S/C23H26O11/c1-30-13-6-12(19(26)18(25)11-4-5-15(31-2)16(8-11)32-3)7-14(9-13)33-23-22(29)21(28)20(27)17(10-24)34-23/h4-9,17,20-24,27-29H,10H2,1-3H3/t17-,20-,21+,22-,23-/m1/s1. The van der Waals surface area contributed by atoms with Crippen LogP contribution in [0.3, 0.4) is 0 Å². The van der Waals surface area contributed by atoms with Crippen LogP contribution in [0.2, 0.25) is 0 Å². The van der Waals surface area contributed by atoms with Gasteiger partial charge in [0.15, 0.2) is 11.5 Å². The minimum atomic E-state index is -1.66. The molecule has 11 heteroatoms. The summed E-state index contributed by atoms with van der Waals surface area (Å²) in [7, 11) is 4.19. The molecule has 0 radical (unpaired) electrons. The lowest BCUT2D eigenvalue weighted by Gasteiger charge is -2.39. The fourth-order valence-electron chi connectivity index (χ4n) is 3.43. The first kappa shape index (κ1) is 25.4. The number of Topliss-reactive ketones (excluding diaryl/α,β-unsaturated/α-hetero) is 2. The number of hydrogen-bond donors (Lipinski definition) is 4. The van der Waals surface area contributed by atoms with E-state index in [1.54, 1.807) is 0 Å². The molecule has 0 spiro atoms. The zero-order valence-corrected chi connectivity index (χ0v) is 18.7. The average Bonchev–Trinajstić information content (AvgIpc) is 2.87. The largest absolute Gasteiger partial charge is 0.497 e. The maximum Gasteiger partial charge on any atom is 0.233 e. The van der Waals surface area contributed by atoms with Gasteiger partial charge in [0.25, 0.3) is 0 Å². The molecule has 2 aromatic rings. The molecule has 5 atom stereocenters. The molecular formula is C23H26O11. The zero-order valence-electron chi connectivity index (χ0n) is 18.7. The van der Waals surface area contributed by atoms with E-state index in [0.717, 1.165) is 0 Å². The molecule has 1 heterocycles. The van der Waals surface area contributed by atoms with Gasteiger partial charge in [-0.1, -0.05) is 0 Å². The Morgan fingerprint density at radius 2 is 1.44 bits per heavy atom. The van der Waals surface area contributed by atoms with Crippen molar-refractivity contribution in [2.45, 2.75) is 30.7 Å². The Bertz CT molecular complexity index is 1040. The highest BCUT2D eigenvalue weighted by Gasteiger charge is 2.44. The van der Waals surface area contributed by atoms with Gasteiger partial charge < -0.3 is 44.1 Å². The predicted octanol–water partition coefficient (Wildman–Crippen LogP) is -0.0433. The van der Waals surface area contributed by atoms with Gasteiger partial charge >= 0.3 is 0 Å². The van der Waals surface area contributed by atoms with Crippen molar-refractivity contribution in [1.29, 1.82) is 0 Å². The van der Waals surface area contributed by atoms with E-state index in [1.165, 1.54) is 57.7 Å². The van der Waals surface area contributed by atoms with Crippen molar-refractivity contribution in [3.63, 3.8) is 0 Å². The van der Waals surface area contributed by atoms with Gasteiger partial charge in [0.1, 0.15) is 35.9 Å². The number of carbonyl (C=O) groups excluding carboxylic acids is 2. The first-order valence-electron chi connectivity index (χ1n) is 10.2. The number of benzene rings is 2. The smallest absolute Gasteiger partial charge is 0.233 e. The van der Waals surface area contributed by atoms with Gasteiger partial charge in [-0.3, -0.25) is 9.59 Å². The van der Waals surface area contributed by atoms with Gasteiger partial charge in [-0.15, -0.1) is 0 Å². The van der Waals surface area contributed by atoms with E-state index in [9.17, 15) is 30.0 Å². The summed E-state index contributed by atoms with van der Waals surface area (Å²) in [5.74, 6) is -0.878. The molecule has 0 bridgehead atoms. The molecule has 2 aromatic carbocycles. The molecule has 0 aromatic heterocycles. The topological polar surface area (TPSA) is 161 Å². The molecule has 0 aliphatic carbocycles. The second kappa shape index (κ2) is 10.8. The second-order valence-corrected chi connectivity index (χ2v) is 7.44. The van der Waals surface area contributed by atoms with Crippen molar-refractivity contribution in [2.24, 2.45) is 0 Å². The van der Waals surface area contributed by atoms with Crippen molar-refractivity contribution < 1.29 is 53.7 Å². The van der Waals surface area contributed by atoms with Crippen LogP contribution in [0.15, 0.2) is 36.4 Å². The Labute approximate surface area is 195 Å². The highest BCUT2D eigenvalue weighted by molar-refractivity contribution is 6.49. The number of aliphatic hydroxyl groups excluding tert-OH is 4. The van der Waals surface area contributed by atoms with Crippen molar-refractivity contribution in [1.82, 2.24) is 0 Å². The van der Waals surface area contributed by atoms with Crippen LogP contribution in [0.1, 0.15) is 20.7 Å². The molecule has 3 rings (SSSR count). The average molecular weight is 478 g/mol. The molecule has 1 fully saturated rings. The lowest BCUT2D eigenvalue weighted by Crippen LogP contribution is -2.60. The summed E-state index contributed by atoms with van der Waals surface area (Å²) in [6.45, 7) is -0.632. The summed E-state index contributed by atoms with van der Waals surface area (Å²) in [6.07, 6.45) is -7.51. The third kappa shape index (κ3) is 5.13. The van der Waals surface area contributed by atoms with Crippen LogP contribution >= 0.6 is 0 Å². The second-order valence-electron chi connectivity index (χ2n) is 7.44. The van der Waals surface area contributed by atoms with Gasteiger partial charge in [-0.25, -0.2) is 0 Å². The van der Waals surface area contributed by atoms with Crippen LogP contribution in [0, 0.1) is 0 Å². The van der Waals surface area contributed by atoms with Crippen LogP contribution in [-0.4, -0.2) is 90.6 Å². The predicted molar refractivity (Wildman–Crippen MR) is 116 cm³/mol. The Morgan fingerprint density at radius 1 is 0.794 bits per heavy atom. The molecule has 34 heavy (non-hydrogen) atoms. The fraction of sp³-hybridized carbons (Fsp3) is 0.391. The monoisotopic (exact) mass is 478 g/mol. The van der Waals surface area contributed by atoms with E-state index in [-0.39, 0.29) is 28.4 Å². The number of rotatable bonds is 9. The van der Waals surface area contributed by atoms with Gasteiger partial charge in [0, 0.05) is 17.2 Å². The van der Waals surface area contributed by atoms with Crippen LogP contribution in [0.25, 0.3) is 0 Å². The molecule has 1 aliphatic heterocycles. The number of ether oxygens (including phenoxy) is 5. The molecule has 1 saturated heterocycles. The Hall–Kier alpha value is -3.22. The normalized spacial score (nSPS) is 24.3. The minimum Gasteiger partial charge on any atom is -0.497 e. The Morgan fingerprint density at radius 3 is 2.06 bits per heavy atom. The Balaban J connectivity index is 1.87. The summed E-state index contributed by atoms with van der Waals surface area (Å²) in [5, 5.41) is 39.4. The summed E-state index contributed by atoms with van der Waals surface area (Å²) in [4.78, 5) is 25.8. The number of carbonyl (C=O) groups is 2. The molecule has 11 nitrogen and oxygen atoms in total. The SMILES string of the molecule is COc1cc(O[C@@H]2O[C@H](CO)[C@@H](O)[C@H](O)[C@H]2O)cc(C(=O)C(=O)c2ccc(OC)c(OC)c2)c1. The van der Waals surface area contributed by atoms with Crippen LogP contribution in [0.5, 0.6) is 23.0 Å². The van der Waals surface area contributed by atoms with E-state index in [2.05, 4.69) is 0 Å². The van der Waals surface area contributed by atoms with Crippen LogP contribution in [-0.2, 0) is 4.74 Å². The summed E-state index contributed by atoms with van der Waals surface area (Å²) in [6, 6.07) is 8.25. The van der Waals surface area contributed by atoms with Crippen molar-refractivity contribution in [2.75, 3.05) is 27.9 Å². The first-order valence-corrected chi connectivity index (χ1v) is 10.2. The van der Waals surface area contributed by atoms with E-state index in [1.807, 2.05) is 0 Å². The van der Waals surface area contributed by atoms with Crippen LogP contribution in [0.4, 0.5) is 0 Å². The third-order valence-electron chi connectivity index (χ3n) is 5.33. The van der Waals surface area contributed by atoms with E-state index < -0.39 is 48.9 Å². The minimum absolute atomic E-state index is 0.0212. The van der Waals surface area contributed by atoms with E-state index >= 15 is 0 Å². The summed E-state index contributed by atoms with van der Waals surface area (Å²) < 4.78 is 26.4. The third-order valence-corrected chi connectivity index (χ3v) is 5.33. The molecule has 1 aliphatic rings. The number of methoxy groups -OCH3 is 3. The number of ketones is 2. The van der Waals surface area contributed by atoms with Gasteiger partial charge in [-0.05, 0) is 30.3 Å². The maximum absolute atomic E-state index is 13.0. The number of aliphatic hydroxyl groups is 4. The highest BCUT2D eigenvalue weighted by Crippen LogP contribution is 2.30. The fourth-order valence-corrected chi connectivity index (χ4v) is 3.43.